The second-order valence-corrected chi connectivity index (χ2v) is 4.66. The second-order valence-electron chi connectivity index (χ2n) is 4.66. The van der Waals surface area contributed by atoms with Crippen molar-refractivity contribution >= 4 is 5.97 Å². The molecule has 1 aliphatic heterocycles. The van der Waals surface area contributed by atoms with Crippen LogP contribution in [0.25, 0.3) is 0 Å². The number of aliphatic carboxylic acids is 1. The van der Waals surface area contributed by atoms with Crippen molar-refractivity contribution < 1.29 is 19.2 Å². The lowest BCUT2D eigenvalue weighted by molar-refractivity contribution is -0.142. The van der Waals surface area contributed by atoms with Gasteiger partial charge in [-0.05, 0) is 19.9 Å². The smallest absolute Gasteiger partial charge is 0.308 e. The molecule has 2 atom stereocenters. The number of carboxylic acid groups (broad SMARTS) is 1. The maximum atomic E-state index is 11.0. The average molecular weight is 254 g/mol. The van der Waals surface area contributed by atoms with Gasteiger partial charge in [0.25, 0.3) is 0 Å². The minimum Gasteiger partial charge on any atom is -0.481 e. The molecule has 0 amide bonds. The monoisotopic (exact) mass is 254 g/mol. The first-order valence-corrected chi connectivity index (χ1v) is 6.02. The zero-order valence-corrected chi connectivity index (χ0v) is 10.6. The molecule has 1 aromatic rings. The van der Waals surface area contributed by atoms with Crippen molar-refractivity contribution in [2.75, 3.05) is 13.7 Å². The second kappa shape index (κ2) is 5.49. The molecular weight excluding hydrogens is 236 g/mol. The Balaban J connectivity index is 1.95. The summed E-state index contributed by atoms with van der Waals surface area (Å²) in [6.07, 6.45) is 0.694. The standard InChI is InChI=1S/C12H18N2O4/c1-8-11(12(15)16)3-4-14(8)6-9-5-10(7-17-2)18-13-9/h5,8,11H,3-4,6-7H2,1-2H3,(H,15,16). The van der Waals surface area contributed by atoms with Gasteiger partial charge in [0.2, 0.25) is 0 Å². The lowest BCUT2D eigenvalue weighted by atomic mass is 10.0. The van der Waals surface area contributed by atoms with E-state index in [1.54, 1.807) is 7.11 Å². The fourth-order valence-electron chi connectivity index (χ4n) is 2.41. The molecule has 1 N–H and O–H groups in total. The molecule has 1 aromatic heterocycles. The van der Waals surface area contributed by atoms with Crippen molar-refractivity contribution in [2.24, 2.45) is 5.92 Å². The Kier molecular flexibility index (Phi) is 3.98. The van der Waals surface area contributed by atoms with E-state index >= 15 is 0 Å². The van der Waals surface area contributed by atoms with E-state index < -0.39 is 5.97 Å². The van der Waals surface area contributed by atoms with Crippen LogP contribution in [0.4, 0.5) is 0 Å². The Morgan fingerprint density at radius 2 is 2.50 bits per heavy atom. The fraction of sp³-hybridized carbons (Fsp3) is 0.667. The molecule has 1 saturated heterocycles. The van der Waals surface area contributed by atoms with E-state index in [9.17, 15) is 4.79 Å². The molecule has 0 aliphatic carbocycles. The zero-order valence-electron chi connectivity index (χ0n) is 10.6. The number of ether oxygens (including phenoxy) is 1. The number of carboxylic acids is 1. The number of carbonyl (C=O) groups is 1. The minimum atomic E-state index is -0.717. The Morgan fingerprint density at radius 3 is 3.11 bits per heavy atom. The normalized spacial score (nSPS) is 24.6. The Labute approximate surface area is 106 Å². The predicted molar refractivity (Wildman–Crippen MR) is 62.8 cm³/mol. The van der Waals surface area contributed by atoms with Gasteiger partial charge in [0, 0.05) is 25.8 Å². The maximum absolute atomic E-state index is 11.0. The Hall–Kier alpha value is -1.40. The number of likely N-dealkylation sites (tertiary alicyclic amines) is 1. The van der Waals surface area contributed by atoms with Crippen LogP contribution in [0.5, 0.6) is 0 Å². The van der Waals surface area contributed by atoms with Gasteiger partial charge in [-0.1, -0.05) is 5.16 Å². The molecule has 2 heterocycles. The van der Waals surface area contributed by atoms with Gasteiger partial charge in [-0.3, -0.25) is 9.69 Å². The lowest BCUT2D eigenvalue weighted by Crippen LogP contribution is -2.32. The summed E-state index contributed by atoms with van der Waals surface area (Å²) in [7, 11) is 1.60. The van der Waals surface area contributed by atoms with Gasteiger partial charge < -0.3 is 14.4 Å². The van der Waals surface area contributed by atoms with E-state index in [2.05, 4.69) is 10.1 Å². The molecule has 0 aromatic carbocycles. The van der Waals surface area contributed by atoms with Gasteiger partial charge in [-0.15, -0.1) is 0 Å². The van der Waals surface area contributed by atoms with Crippen molar-refractivity contribution in [1.82, 2.24) is 10.1 Å². The third kappa shape index (κ3) is 2.70. The summed E-state index contributed by atoms with van der Waals surface area (Å²) in [6.45, 7) is 3.75. The topological polar surface area (TPSA) is 75.8 Å². The van der Waals surface area contributed by atoms with Crippen LogP contribution in [0.3, 0.4) is 0 Å². The van der Waals surface area contributed by atoms with Gasteiger partial charge in [-0.2, -0.15) is 0 Å². The summed E-state index contributed by atoms with van der Waals surface area (Å²) >= 11 is 0. The largest absolute Gasteiger partial charge is 0.481 e. The maximum Gasteiger partial charge on any atom is 0.308 e. The van der Waals surface area contributed by atoms with Crippen molar-refractivity contribution in [1.29, 1.82) is 0 Å². The molecule has 100 valence electrons. The molecule has 6 nitrogen and oxygen atoms in total. The molecule has 0 bridgehead atoms. The highest BCUT2D eigenvalue weighted by Crippen LogP contribution is 2.25. The van der Waals surface area contributed by atoms with Gasteiger partial charge in [0.1, 0.15) is 6.61 Å². The molecule has 0 saturated carbocycles. The first-order chi connectivity index (χ1) is 8.61. The number of hydrogen-bond donors (Lipinski definition) is 1. The van der Waals surface area contributed by atoms with Gasteiger partial charge in [-0.25, -0.2) is 0 Å². The van der Waals surface area contributed by atoms with Crippen LogP contribution in [-0.2, 0) is 22.7 Å². The van der Waals surface area contributed by atoms with Crippen LogP contribution in [0.1, 0.15) is 24.8 Å². The summed E-state index contributed by atoms with van der Waals surface area (Å²) < 4.78 is 10.1. The van der Waals surface area contributed by atoms with Crippen LogP contribution in [0.15, 0.2) is 10.6 Å². The van der Waals surface area contributed by atoms with E-state index in [4.69, 9.17) is 14.4 Å². The number of rotatable bonds is 5. The fourth-order valence-corrected chi connectivity index (χ4v) is 2.41. The number of hydrogen-bond acceptors (Lipinski definition) is 5. The first kappa shape index (κ1) is 13.0. The first-order valence-electron chi connectivity index (χ1n) is 6.02. The summed E-state index contributed by atoms with van der Waals surface area (Å²) in [5.74, 6) is -0.310. The zero-order chi connectivity index (χ0) is 13.1. The third-order valence-electron chi connectivity index (χ3n) is 3.46. The Morgan fingerprint density at radius 1 is 1.72 bits per heavy atom. The van der Waals surface area contributed by atoms with Gasteiger partial charge >= 0.3 is 5.97 Å². The van der Waals surface area contributed by atoms with E-state index in [0.717, 1.165) is 12.2 Å². The molecule has 2 rings (SSSR count). The molecule has 2 unspecified atom stereocenters. The molecule has 1 fully saturated rings. The molecule has 0 spiro atoms. The van der Waals surface area contributed by atoms with Crippen LogP contribution < -0.4 is 0 Å². The Bertz CT molecular complexity index is 418. The predicted octanol–water partition coefficient (Wildman–Crippen LogP) is 1.12. The minimum absolute atomic E-state index is 0.0325. The molecule has 6 heteroatoms. The van der Waals surface area contributed by atoms with E-state index in [1.807, 2.05) is 13.0 Å². The van der Waals surface area contributed by atoms with Crippen LogP contribution in [-0.4, -0.2) is 40.8 Å². The summed E-state index contributed by atoms with van der Waals surface area (Å²) in [5.41, 5.74) is 0.819. The van der Waals surface area contributed by atoms with Crippen molar-refractivity contribution in [2.45, 2.75) is 32.5 Å². The van der Waals surface area contributed by atoms with E-state index in [-0.39, 0.29) is 12.0 Å². The van der Waals surface area contributed by atoms with E-state index in [0.29, 0.717) is 25.3 Å². The van der Waals surface area contributed by atoms with Crippen molar-refractivity contribution in [3.63, 3.8) is 0 Å². The molecule has 1 aliphatic rings. The van der Waals surface area contributed by atoms with Crippen LogP contribution in [0.2, 0.25) is 0 Å². The number of methoxy groups -OCH3 is 1. The average Bonchev–Trinajstić information content (AvgIpc) is 2.89. The lowest BCUT2D eigenvalue weighted by Gasteiger charge is -2.21. The van der Waals surface area contributed by atoms with Crippen LogP contribution in [0, 0.1) is 5.92 Å². The van der Waals surface area contributed by atoms with Crippen molar-refractivity contribution in [3.8, 4) is 0 Å². The SMILES string of the molecule is COCc1cc(CN2CCC(C(=O)O)C2C)no1. The number of nitrogens with zero attached hydrogens (tertiary/aromatic N) is 2. The summed E-state index contributed by atoms with van der Waals surface area (Å²) in [4.78, 5) is 13.1. The highest BCUT2D eigenvalue weighted by atomic mass is 16.5. The van der Waals surface area contributed by atoms with Gasteiger partial charge in [0.05, 0.1) is 11.6 Å². The quantitative estimate of drug-likeness (QED) is 0.848. The highest BCUT2D eigenvalue weighted by molar-refractivity contribution is 5.71. The molecule has 18 heavy (non-hydrogen) atoms. The molecule has 0 radical (unpaired) electrons. The summed E-state index contributed by atoms with van der Waals surface area (Å²) in [5, 5.41) is 13.0. The van der Waals surface area contributed by atoms with Crippen LogP contribution >= 0.6 is 0 Å². The van der Waals surface area contributed by atoms with E-state index in [1.165, 1.54) is 0 Å². The third-order valence-corrected chi connectivity index (χ3v) is 3.46. The number of aromatic nitrogens is 1. The van der Waals surface area contributed by atoms with Crippen molar-refractivity contribution in [3.05, 3.63) is 17.5 Å². The van der Waals surface area contributed by atoms with Gasteiger partial charge in [0.15, 0.2) is 5.76 Å². The molecular formula is C12H18N2O4. The summed E-state index contributed by atoms with van der Waals surface area (Å²) in [6, 6.07) is 1.88. The highest BCUT2D eigenvalue weighted by Gasteiger charge is 2.35.